The lowest BCUT2D eigenvalue weighted by Crippen LogP contribution is -2.40. The maximum atomic E-state index is 5.98. The van der Waals surface area contributed by atoms with Gasteiger partial charge in [-0.05, 0) is 36.7 Å². The van der Waals surface area contributed by atoms with Crippen LogP contribution in [0.4, 0.5) is 0 Å². The summed E-state index contributed by atoms with van der Waals surface area (Å²) < 4.78 is 11.5. The minimum atomic E-state index is 0.241. The van der Waals surface area contributed by atoms with Gasteiger partial charge in [-0.2, -0.15) is 0 Å². The van der Waals surface area contributed by atoms with Crippen molar-refractivity contribution in [3.8, 4) is 0 Å². The van der Waals surface area contributed by atoms with Gasteiger partial charge in [-0.1, -0.05) is 6.07 Å². The van der Waals surface area contributed by atoms with Gasteiger partial charge in [0.25, 0.3) is 0 Å². The van der Waals surface area contributed by atoms with Gasteiger partial charge in [0, 0.05) is 44.0 Å². The smallest absolute Gasteiger partial charge is 0.117 e. The SMILES string of the molecule is c1cncc(CN2CCOC[C@]3(CCN(Cc4ccco4)C3)C2)c1. The second-order valence-electron chi connectivity index (χ2n) is 7.16. The van der Waals surface area contributed by atoms with E-state index in [1.807, 2.05) is 24.5 Å². The predicted molar refractivity (Wildman–Crippen MR) is 91.4 cm³/mol. The summed E-state index contributed by atoms with van der Waals surface area (Å²) in [7, 11) is 0. The fourth-order valence-corrected chi connectivity index (χ4v) is 4.00. The fourth-order valence-electron chi connectivity index (χ4n) is 4.00. The molecule has 0 bridgehead atoms. The Balaban J connectivity index is 1.40. The zero-order valence-electron chi connectivity index (χ0n) is 14.1. The third kappa shape index (κ3) is 3.69. The maximum absolute atomic E-state index is 5.98. The molecule has 2 aromatic heterocycles. The van der Waals surface area contributed by atoms with Gasteiger partial charge in [0.2, 0.25) is 0 Å². The Hall–Kier alpha value is -1.69. The average Bonchev–Trinajstić information content (AvgIpc) is 3.19. The largest absolute Gasteiger partial charge is 0.468 e. The first kappa shape index (κ1) is 15.8. The summed E-state index contributed by atoms with van der Waals surface area (Å²) in [5, 5.41) is 0. The standard InChI is InChI=1S/C19H25N3O2/c1-3-17(11-20-6-1)12-22-8-10-23-16-19(15-22)5-7-21(14-19)13-18-4-2-9-24-18/h1-4,6,9,11H,5,7-8,10,12-16H2/t19-/m0/s1. The maximum Gasteiger partial charge on any atom is 0.117 e. The van der Waals surface area contributed by atoms with Crippen LogP contribution in [-0.4, -0.2) is 54.2 Å². The Morgan fingerprint density at radius 2 is 2.00 bits per heavy atom. The molecule has 2 aliphatic heterocycles. The number of ether oxygens (including phenoxy) is 1. The van der Waals surface area contributed by atoms with Crippen molar-refractivity contribution in [2.45, 2.75) is 19.5 Å². The van der Waals surface area contributed by atoms with Crippen molar-refractivity contribution in [2.75, 3.05) is 39.4 Å². The number of aromatic nitrogens is 1. The van der Waals surface area contributed by atoms with E-state index in [4.69, 9.17) is 9.15 Å². The lowest BCUT2D eigenvalue weighted by Gasteiger charge is -2.32. The minimum absolute atomic E-state index is 0.241. The second-order valence-corrected chi connectivity index (χ2v) is 7.16. The van der Waals surface area contributed by atoms with Crippen LogP contribution in [0, 0.1) is 5.41 Å². The summed E-state index contributed by atoms with van der Waals surface area (Å²) >= 11 is 0. The van der Waals surface area contributed by atoms with Crippen LogP contribution in [0.2, 0.25) is 0 Å². The first-order valence-electron chi connectivity index (χ1n) is 8.75. The Morgan fingerprint density at radius 3 is 2.79 bits per heavy atom. The van der Waals surface area contributed by atoms with E-state index in [1.165, 1.54) is 12.0 Å². The summed E-state index contributed by atoms with van der Waals surface area (Å²) in [5.74, 6) is 1.05. The zero-order valence-corrected chi connectivity index (χ0v) is 14.1. The van der Waals surface area contributed by atoms with Crippen molar-refractivity contribution in [3.05, 3.63) is 54.2 Å². The lowest BCUT2D eigenvalue weighted by molar-refractivity contribution is 0.0701. The lowest BCUT2D eigenvalue weighted by atomic mass is 9.87. The zero-order chi connectivity index (χ0) is 16.2. The molecule has 0 aromatic carbocycles. The molecule has 5 nitrogen and oxygen atoms in total. The van der Waals surface area contributed by atoms with Gasteiger partial charge in [0.15, 0.2) is 0 Å². The van der Waals surface area contributed by atoms with Gasteiger partial charge in [-0.25, -0.2) is 0 Å². The summed E-state index contributed by atoms with van der Waals surface area (Å²) in [6, 6.07) is 8.19. The van der Waals surface area contributed by atoms with Crippen molar-refractivity contribution in [2.24, 2.45) is 5.41 Å². The summed E-state index contributed by atoms with van der Waals surface area (Å²) in [5.41, 5.74) is 1.52. The molecule has 0 N–H and O–H groups in total. The van der Waals surface area contributed by atoms with Gasteiger partial charge in [-0.15, -0.1) is 0 Å². The van der Waals surface area contributed by atoms with Crippen LogP contribution in [0.1, 0.15) is 17.7 Å². The van der Waals surface area contributed by atoms with E-state index >= 15 is 0 Å². The van der Waals surface area contributed by atoms with E-state index in [9.17, 15) is 0 Å². The monoisotopic (exact) mass is 327 g/mol. The molecule has 1 spiro atoms. The first-order valence-corrected chi connectivity index (χ1v) is 8.75. The molecule has 4 heterocycles. The molecular weight excluding hydrogens is 302 g/mol. The van der Waals surface area contributed by atoms with Crippen LogP contribution < -0.4 is 0 Å². The van der Waals surface area contributed by atoms with E-state index in [-0.39, 0.29) is 5.41 Å². The molecule has 0 radical (unpaired) electrons. The molecule has 128 valence electrons. The van der Waals surface area contributed by atoms with E-state index in [0.717, 1.165) is 58.2 Å². The highest BCUT2D eigenvalue weighted by molar-refractivity contribution is 5.09. The molecule has 0 saturated carbocycles. The van der Waals surface area contributed by atoms with Gasteiger partial charge >= 0.3 is 0 Å². The van der Waals surface area contributed by atoms with Crippen molar-refractivity contribution >= 4 is 0 Å². The normalized spacial score (nSPS) is 26.0. The molecule has 1 atom stereocenters. The van der Waals surface area contributed by atoms with Crippen molar-refractivity contribution in [1.82, 2.24) is 14.8 Å². The van der Waals surface area contributed by atoms with E-state index in [0.29, 0.717) is 0 Å². The number of hydrogen-bond donors (Lipinski definition) is 0. The van der Waals surface area contributed by atoms with Crippen molar-refractivity contribution in [1.29, 1.82) is 0 Å². The van der Waals surface area contributed by atoms with Crippen LogP contribution >= 0.6 is 0 Å². The molecular formula is C19H25N3O2. The molecule has 5 heteroatoms. The molecule has 4 rings (SSSR count). The molecule has 24 heavy (non-hydrogen) atoms. The van der Waals surface area contributed by atoms with E-state index in [2.05, 4.69) is 26.9 Å². The van der Waals surface area contributed by atoms with E-state index < -0.39 is 0 Å². The van der Waals surface area contributed by atoms with Crippen LogP contribution in [0.15, 0.2) is 47.3 Å². The predicted octanol–water partition coefficient (Wildman–Crippen LogP) is 2.40. The quantitative estimate of drug-likeness (QED) is 0.862. The van der Waals surface area contributed by atoms with Crippen LogP contribution in [0.5, 0.6) is 0 Å². The third-order valence-corrected chi connectivity index (χ3v) is 5.13. The molecule has 2 aromatic rings. The van der Waals surface area contributed by atoms with Crippen LogP contribution in [0.25, 0.3) is 0 Å². The fraction of sp³-hybridized carbons (Fsp3) is 0.526. The van der Waals surface area contributed by atoms with Gasteiger partial charge in [-0.3, -0.25) is 14.8 Å². The highest BCUT2D eigenvalue weighted by Crippen LogP contribution is 2.34. The highest BCUT2D eigenvalue weighted by Gasteiger charge is 2.41. The summed E-state index contributed by atoms with van der Waals surface area (Å²) in [4.78, 5) is 9.26. The Kier molecular flexibility index (Phi) is 4.65. The molecule has 0 aliphatic carbocycles. The van der Waals surface area contributed by atoms with Crippen molar-refractivity contribution in [3.63, 3.8) is 0 Å². The molecule has 2 aliphatic rings. The number of nitrogens with zero attached hydrogens (tertiary/aromatic N) is 3. The molecule has 2 fully saturated rings. The minimum Gasteiger partial charge on any atom is -0.468 e. The number of likely N-dealkylation sites (tertiary alicyclic amines) is 1. The van der Waals surface area contributed by atoms with Gasteiger partial charge in [0.1, 0.15) is 5.76 Å². The Labute approximate surface area is 143 Å². The molecule has 0 unspecified atom stereocenters. The number of pyridine rings is 1. The van der Waals surface area contributed by atoms with Crippen LogP contribution in [-0.2, 0) is 17.8 Å². The number of furan rings is 1. The average molecular weight is 327 g/mol. The third-order valence-electron chi connectivity index (χ3n) is 5.13. The topological polar surface area (TPSA) is 41.7 Å². The molecule has 0 amide bonds. The summed E-state index contributed by atoms with van der Waals surface area (Å²) in [6.45, 7) is 7.83. The van der Waals surface area contributed by atoms with E-state index in [1.54, 1.807) is 6.26 Å². The van der Waals surface area contributed by atoms with Gasteiger partial charge in [0.05, 0.1) is 26.0 Å². The summed E-state index contributed by atoms with van der Waals surface area (Å²) in [6.07, 6.45) is 6.75. The number of hydrogen-bond acceptors (Lipinski definition) is 5. The highest BCUT2D eigenvalue weighted by atomic mass is 16.5. The Bertz CT molecular complexity index is 631. The van der Waals surface area contributed by atoms with Crippen molar-refractivity contribution < 1.29 is 9.15 Å². The first-order chi connectivity index (χ1) is 11.8. The van der Waals surface area contributed by atoms with Crippen LogP contribution in [0.3, 0.4) is 0 Å². The molecule has 2 saturated heterocycles. The second kappa shape index (κ2) is 7.05. The Morgan fingerprint density at radius 1 is 1.08 bits per heavy atom. The van der Waals surface area contributed by atoms with Gasteiger partial charge < -0.3 is 9.15 Å². The number of rotatable bonds is 4.